The summed E-state index contributed by atoms with van der Waals surface area (Å²) >= 11 is 0. The Morgan fingerprint density at radius 1 is 1.16 bits per heavy atom. The van der Waals surface area contributed by atoms with E-state index in [2.05, 4.69) is 16.8 Å². The van der Waals surface area contributed by atoms with Crippen molar-refractivity contribution in [2.75, 3.05) is 7.11 Å². The molecule has 2 aromatic rings. The predicted octanol–water partition coefficient (Wildman–Crippen LogP) is 1.59. The van der Waals surface area contributed by atoms with Gasteiger partial charge in [0.15, 0.2) is 0 Å². The van der Waals surface area contributed by atoms with E-state index < -0.39 is 5.91 Å². The van der Waals surface area contributed by atoms with Crippen LogP contribution in [0.4, 0.5) is 0 Å². The molecule has 0 aliphatic carbocycles. The number of hydrogen-bond donors (Lipinski definition) is 1. The Labute approximate surface area is 111 Å². The highest BCUT2D eigenvalue weighted by Crippen LogP contribution is 2.10. The number of pyridine rings is 1. The Balaban J connectivity index is 2.23. The number of ether oxygens (including phenoxy) is 1. The van der Waals surface area contributed by atoms with Crippen molar-refractivity contribution >= 4 is 5.91 Å². The number of amides is 1. The number of hydrogen-bond acceptors (Lipinski definition) is 3. The molecule has 94 valence electrons. The molecule has 19 heavy (non-hydrogen) atoms. The van der Waals surface area contributed by atoms with Crippen molar-refractivity contribution in [2.45, 2.75) is 0 Å². The third-order valence-corrected chi connectivity index (χ3v) is 2.46. The average Bonchev–Trinajstić information content (AvgIpc) is 2.46. The van der Waals surface area contributed by atoms with Gasteiger partial charge in [0.25, 0.3) is 0 Å². The first-order valence-corrected chi connectivity index (χ1v) is 5.60. The van der Waals surface area contributed by atoms with Crippen LogP contribution in [-0.2, 0) is 0 Å². The molecule has 4 heteroatoms. The second kappa shape index (κ2) is 5.69. The SMILES string of the molecule is COc1ccc(C#Cc2cncc(C(N)=O)c2)cc1. The molecule has 0 aliphatic heterocycles. The molecule has 0 bridgehead atoms. The fraction of sp³-hybridized carbons (Fsp3) is 0.0667. The maximum atomic E-state index is 11.0. The van der Waals surface area contributed by atoms with Crippen LogP contribution in [0.2, 0.25) is 0 Å². The van der Waals surface area contributed by atoms with Crippen molar-refractivity contribution < 1.29 is 9.53 Å². The first-order chi connectivity index (χ1) is 9.19. The molecule has 0 unspecified atom stereocenters. The van der Waals surface area contributed by atoms with Crippen molar-refractivity contribution in [3.05, 3.63) is 59.4 Å². The van der Waals surface area contributed by atoms with Gasteiger partial charge in [-0.3, -0.25) is 9.78 Å². The lowest BCUT2D eigenvalue weighted by Crippen LogP contribution is -2.11. The molecule has 2 rings (SSSR count). The van der Waals surface area contributed by atoms with Gasteiger partial charge in [-0.15, -0.1) is 0 Å². The standard InChI is InChI=1S/C15H12N2O2/c1-19-14-6-4-11(5-7-14)2-3-12-8-13(15(16)18)10-17-9-12/h4-10H,1H3,(H2,16,18). The van der Waals surface area contributed by atoms with E-state index in [4.69, 9.17) is 10.5 Å². The maximum Gasteiger partial charge on any atom is 0.250 e. The minimum atomic E-state index is -0.513. The first-order valence-electron chi connectivity index (χ1n) is 5.60. The van der Waals surface area contributed by atoms with Crippen LogP contribution in [0.15, 0.2) is 42.7 Å². The number of carbonyl (C=O) groups is 1. The Morgan fingerprint density at radius 3 is 2.47 bits per heavy atom. The average molecular weight is 252 g/mol. The maximum absolute atomic E-state index is 11.0. The van der Waals surface area contributed by atoms with E-state index in [1.807, 2.05) is 24.3 Å². The van der Waals surface area contributed by atoms with Gasteiger partial charge >= 0.3 is 0 Å². The lowest BCUT2D eigenvalue weighted by Gasteiger charge is -1.97. The van der Waals surface area contributed by atoms with E-state index in [0.717, 1.165) is 11.3 Å². The molecule has 2 N–H and O–H groups in total. The molecule has 1 heterocycles. The fourth-order valence-corrected chi connectivity index (χ4v) is 1.46. The number of aromatic nitrogens is 1. The van der Waals surface area contributed by atoms with E-state index in [1.165, 1.54) is 6.20 Å². The van der Waals surface area contributed by atoms with Gasteiger partial charge < -0.3 is 10.5 Å². The molecule has 0 saturated heterocycles. The van der Waals surface area contributed by atoms with Crippen molar-refractivity contribution in [1.29, 1.82) is 0 Å². The van der Waals surface area contributed by atoms with E-state index in [1.54, 1.807) is 19.4 Å². The van der Waals surface area contributed by atoms with Crippen molar-refractivity contribution in [3.8, 4) is 17.6 Å². The van der Waals surface area contributed by atoms with Crippen molar-refractivity contribution in [1.82, 2.24) is 4.98 Å². The zero-order valence-corrected chi connectivity index (χ0v) is 10.4. The number of rotatable bonds is 2. The zero-order valence-electron chi connectivity index (χ0n) is 10.4. The minimum absolute atomic E-state index is 0.349. The lowest BCUT2D eigenvalue weighted by atomic mass is 10.1. The lowest BCUT2D eigenvalue weighted by molar-refractivity contribution is 0.1000. The Hall–Kier alpha value is -2.80. The molecule has 4 nitrogen and oxygen atoms in total. The quantitative estimate of drug-likeness (QED) is 0.825. The van der Waals surface area contributed by atoms with Crippen LogP contribution in [0.1, 0.15) is 21.5 Å². The van der Waals surface area contributed by atoms with E-state index >= 15 is 0 Å². The molecular formula is C15H12N2O2. The number of benzene rings is 1. The highest BCUT2D eigenvalue weighted by Gasteiger charge is 2.00. The van der Waals surface area contributed by atoms with Gasteiger partial charge in [0, 0.05) is 23.5 Å². The van der Waals surface area contributed by atoms with Gasteiger partial charge in [-0.05, 0) is 30.3 Å². The van der Waals surface area contributed by atoms with Gasteiger partial charge in [0.05, 0.1) is 12.7 Å². The molecule has 0 spiro atoms. The molecular weight excluding hydrogens is 240 g/mol. The van der Waals surface area contributed by atoms with Crippen LogP contribution >= 0.6 is 0 Å². The van der Waals surface area contributed by atoms with Gasteiger partial charge in [-0.1, -0.05) is 11.8 Å². The summed E-state index contributed by atoms with van der Waals surface area (Å²) in [5, 5.41) is 0. The first kappa shape index (κ1) is 12.7. The molecule has 0 aliphatic rings. The summed E-state index contributed by atoms with van der Waals surface area (Å²) < 4.78 is 5.06. The molecule has 0 fully saturated rings. The second-order valence-corrected chi connectivity index (χ2v) is 3.81. The topological polar surface area (TPSA) is 65.2 Å². The fourth-order valence-electron chi connectivity index (χ4n) is 1.46. The Bertz CT molecular complexity index is 652. The number of carbonyl (C=O) groups excluding carboxylic acids is 1. The normalized spacial score (nSPS) is 9.32. The van der Waals surface area contributed by atoms with Gasteiger partial charge in [0.2, 0.25) is 5.91 Å². The summed E-state index contributed by atoms with van der Waals surface area (Å²) in [5.41, 5.74) is 7.03. The second-order valence-electron chi connectivity index (χ2n) is 3.81. The van der Waals surface area contributed by atoms with Crippen LogP contribution in [-0.4, -0.2) is 18.0 Å². The molecule has 0 atom stereocenters. The zero-order chi connectivity index (χ0) is 13.7. The Morgan fingerprint density at radius 2 is 1.84 bits per heavy atom. The van der Waals surface area contributed by atoms with Crippen molar-refractivity contribution in [3.63, 3.8) is 0 Å². The monoisotopic (exact) mass is 252 g/mol. The third kappa shape index (κ3) is 3.33. The minimum Gasteiger partial charge on any atom is -0.497 e. The summed E-state index contributed by atoms with van der Waals surface area (Å²) in [6.07, 6.45) is 3.00. The summed E-state index contributed by atoms with van der Waals surface area (Å²) in [5.74, 6) is 6.18. The molecule has 0 radical (unpaired) electrons. The van der Waals surface area contributed by atoms with Crippen LogP contribution in [0, 0.1) is 11.8 Å². The summed E-state index contributed by atoms with van der Waals surface area (Å²) in [6, 6.07) is 9.00. The van der Waals surface area contributed by atoms with Crippen LogP contribution in [0.5, 0.6) is 5.75 Å². The molecule has 1 amide bonds. The molecule has 0 saturated carbocycles. The largest absolute Gasteiger partial charge is 0.497 e. The van der Waals surface area contributed by atoms with Crippen LogP contribution in [0.25, 0.3) is 0 Å². The summed E-state index contributed by atoms with van der Waals surface area (Å²) in [7, 11) is 1.61. The van der Waals surface area contributed by atoms with E-state index in [9.17, 15) is 4.79 Å². The highest BCUT2D eigenvalue weighted by molar-refractivity contribution is 5.92. The smallest absolute Gasteiger partial charge is 0.250 e. The van der Waals surface area contributed by atoms with Gasteiger partial charge in [-0.2, -0.15) is 0 Å². The van der Waals surface area contributed by atoms with Crippen molar-refractivity contribution in [2.24, 2.45) is 5.73 Å². The van der Waals surface area contributed by atoms with Crippen LogP contribution in [0.3, 0.4) is 0 Å². The van der Waals surface area contributed by atoms with Crippen LogP contribution < -0.4 is 10.5 Å². The number of methoxy groups -OCH3 is 1. The van der Waals surface area contributed by atoms with E-state index in [-0.39, 0.29) is 0 Å². The summed E-state index contributed by atoms with van der Waals surface area (Å²) in [6.45, 7) is 0. The Kier molecular flexibility index (Phi) is 3.79. The van der Waals surface area contributed by atoms with E-state index in [0.29, 0.717) is 11.1 Å². The van der Waals surface area contributed by atoms with Gasteiger partial charge in [0.1, 0.15) is 5.75 Å². The number of nitrogens with zero attached hydrogens (tertiary/aromatic N) is 1. The molecule has 1 aromatic heterocycles. The number of nitrogens with two attached hydrogens (primary N) is 1. The summed E-state index contributed by atoms with van der Waals surface area (Å²) in [4.78, 5) is 14.9. The third-order valence-electron chi connectivity index (χ3n) is 2.46. The predicted molar refractivity (Wildman–Crippen MR) is 71.7 cm³/mol. The highest BCUT2D eigenvalue weighted by atomic mass is 16.5. The molecule has 1 aromatic carbocycles. The number of primary amides is 1. The van der Waals surface area contributed by atoms with Gasteiger partial charge in [-0.25, -0.2) is 0 Å².